The number of aromatic nitrogens is 3. The molecule has 1 fully saturated rings. The molecule has 39 heavy (non-hydrogen) atoms. The summed E-state index contributed by atoms with van der Waals surface area (Å²) in [5, 5.41) is 7.13. The number of ether oxygens (including phenoxy) is 1. The van der Waals surface area contributed by atoms with Gasteiger partial charge in [-0.15, -0.1) is 0 Å². The van der Waals surface area contributed by atoms with Crippen molar-refractivity contribution in [2.45, 2.75) is 26.8 Å². The van der Waals surface area contributed by atoms with Crippen LogP contribution >= 0.6 is 0 Å². The largest absolute Gasteiger partial charge is 0.493 e. The number of fused-ring (bicyclic) bond motifs is 1. The monoisotopic (exact) mass is 533 g/mol. The van der Waals surface area contributed by atoms with Crippen molar-refractivity contribution in [2.75, 3.05) is 48.8 Å². The van der Waals surface area contributed by atoms with Crippen LogP contribution in [0.1, 0.15) is 29.8 Å². The molecule has 2 aromatic heterocycles. The minimum Gasteiger partial charge on any atom is -0.493 e. The number of halogens is 1. The summed E-state index contributed by atoms with van der Waals surface area (Å²) >= 11 is 0. The van der Waals surface area contributed by atoms with Crippen LogP contribution in [0.15, 0.2) is 42.6 Å². The zero-order chi connectivity index (χ0) is 27.7. The third-order valence-electron chi connectivity index (χ3n) is 7.20. The van der Waals surface area contributed by atoms with Gasteiger partial charge in [0.2, 0.25) is 11.5 Å². The van der Waals surface area contributed by atoms with Gasteiger partial charge in [-0.25, -0.2) is 9.37 Å². The second kappa shape index (κ2) is 10.8. The van der Waals surface area contributed by atoms with Gasteiger partial charge in [-0.2, -0.15) is 0 Å². The number of carbonyl (C=O) groups excluding carboxylic acids is 1. The molecule has 0 atom stereocenters. The molecular formula is C28H34FN8O2+. The fraction of sp³-hybridized carbons (Fsp3) is 0.321. The van der Waals surface area contributed by atoms with Crippen molar-refractivity contribution in [3.8, 4) is 5.75 Å². The number of nitrogens with one attached hydrogen (secondary N) is 4. The molecule has 1 aliphatic rings. The highest BCUT2D eigenvalue weighted by atomic mass is 19.1. The molecule has 5 rings (SSSR count). The Morgan fingerprint density at radius 2 is 1.90 bits per heavy atom. The molecule has 0 bridgehead atoms. The van der Waals surface area contributed by atoms with Crippen LogP contribution in [-0.4, -0.2) is 60.1 Å². The number of nitrogens with zero attached hydrogens (tertiary/aromatic N) is 3. The highest BCUT2D eigenvalue weighted by Crippen LogP contribution is 2.37. The molecule has 0 unspecified atom stereocenters. The molecule has 1 aliphatic heterocycles. The van der Waals surface area contributed by atoms with Crippen molar-refractivity contribution in [1.82, 2.24) is 14.9 Å². The number of primary amides is 1. The van der Waals surface area contributed by atoms with Gasteiger partial charge in [0.15, 0.2) is 5.75 Å². The van der Waals surface area contributed by atoms with Gasteiger partial charge in [0.25, 0.3) is 5.91 Å². The number of carbonyl (C=O) groups is 1. The van der Waals surface area contributed by atoms with Crippen molar-refractivity contribution >= 4 is 45.8 Å². The van der Waals surface area contributed by atoms with Crippen molar-refractivity contribution in [2.24, 2.45) is 5.73 Å². The Labute approximate surface area is 226 Å². The van der Waals surface area contributed by atoms with Crippen LogP contribution in [0.5, 0.6) is 5.75 Å². The number of hydrogen-bond acceptors (Lipinski definition) is 7. The van der Waals surface area contributed by atoms with Gasteiger partial charge in [-0.3, -0.25) is 20.0 Å². The second-order valence-electron chi connectivity index (χ2n) is 9.88. The van der Waals surface area contributed by atoms with Gasteiger partial charge < -0.3 is 20.7 Å². The van der Waals surface area contributed by atoms with Crippen LogP contribution in [0, 0.1) is 12.7 Å². The standard InChI is InChI=1S/C28H33FN8O2/c1-16(2)36-12-14-37(15-13-36)22-9-8-21(24(39-4)17(22)3)33-28-34-26-18(10-11-31-26)27(35-28)32-20-7-5-6-19(29)23(20)25(30)38/h5-11,16H,12-15H2,1-4H3,(H2,30,38)(H3,31,32,33,34,35)/p+1. The predicted molar refractivity (Wildman–Crippen MR) is 151 cm³/mol. The van der Waals surface area contributed by atoms with Gasteiger partial charge >= 0.3 is 5.95 Å². The molecule has 10 nitrogen and oxygen atoms in total. The van der Waals surface area contributed by atoms with Crippen LogP contribution in [0.3, 0.4) is 0 Å². The normalized spacial score (nSPS) is 14.2. The van der Waals surface area contributed by atoms with E-state index in [4.69, 9.17) is 15.5 Å². The summed E-state index contributed by atoms with van der Waals surface area (Å²) in [7, 11) is 1.65. The van der Waals surface area contributed by atoms with Crippen molar-refractivity contribution in [3.05, 3.63) is 59.5 Å². The molecule has 2 aromatic carbocycles. The number of amides is 1. The SMILES string of the molecule is COc1c(Nc2nc(Nc3cccc(F)c3C(N)=O)c3cc[nH]c3[nH+]2)ccc(N2CCN(C(C)C)CC2)c1C. The van der Waals surface area contributed by atoms with Crippen LogP contribution < -0.4 is 31.0 Å². The van der Waals surface area contributed by atoms with E-state index in [-0.39, 0.29) is 11.3 Å². The van der Waals surface area contributed by atoms with Gasteiger partial charge in [0.1, 0.15) is 11.5 Å². The number of anilines is 5. The number of hydrogen-bond donors (Lipinski definition) is 4. The van der Waals surface area contributed by atoms with Crippen LogP contribution in [0.4, 0.5) is 33.2 Å². The van der Waals surface area contributed by atoms with E-state index in [0.29, 0.717) is 23.5 Å². The summed E-state index contributed by atoms with van der Waals surface area (Å²) in [5.74, 6) is -0.0233. The molecule has 11 heteroatoms. The highest BCUT2D eigenvalue weighted by molar-refractivity contribution is 6.00. The summed E-state index contributed by atoms with van der Waals surface area (Å²) in [5.41, 5.74) is 9.04. The lowest BCUT2D eigenvalue weighted by atomic mass is 10.1. The lowest BCUT2D eigenvalue weighted by molar-refractivity contribution is -0.333. The molecule has 6 N–H and O–H groups in total. The smallest absolute Gasteiger partial charge is 0.351 e. The first kappa shape index (κ1) is 26.2. The van der Waals surface area contributed by atoms with Crippen molar-refractivity contribution in [1.29, 1.82) is 0 Å². The minimum atomic E-state index is -0.868. The molecule has 4 aromatic rings. The van der Waals surface area contributed by atoms with E-state index in [2.05, 4.69) is 57.2 Å². The molecular weight excluding hydrogens is 499 g/mol. The number of methoxy groups -OCH3 is 1. The molecule has 204 valence electrons. The fourth-order valence-corrected chi connectivity index (χ4v) is 5.14. The number of aromatic amines is 2. The molecule has 0 spiro atoms. The number of rotatable bonds is 8. The van der Waals surface area contributed by atoms with Crippen LogP contribution in [0.25, 0.3) is 11.0 Å². The Balaban J connectivity index is 1.45. The third-order valence-corrected chi connectivity index (χ3v) is 7.20. The Bertz CT molecular complexity index is 1510. The summed E-state index contributed by atoms with van der Waals surface area (Å²) in [6.07, 6.45) is 1.76. The first-order valence-electron chi connectivity index (χ1n) is 13.0. The van der Waals surface area contributed by atoms with E-state index in [9.17, 15) is 9.18 Å². The van der Waals surface area contributed by atoms with Crippen molar-refractivity contribution in [3.63, 3.8) is 0 Å². The summed E-state index contributed by atoms with van der Waals surface area (Å²) in [6, 6.07) is 10.7. The maximum atomic E-state index is 14.4. The van der Waals surface area contributed by atoms with E-state index in [1.807, 2.05) is 12.1 Å². The topological polar surface area (TPSA) is 126 Å². The van der Waals surface area contributed by atoms with Gasteiger partial charge in [0, 0.05) is 49.7 Å². The summed E-state index contributed by atoms with van der Waals surface area (Å²) < 4.78 is 20.2. The molecule has 0 aliphatic carbocycles. The number of H-pyrrole nitrogens is 2. The minimum absolute atomic E-state index is 0.227. The van der Waals surface area contributed by atoms with Gasteiger partial charge in [-0.05, 0) is 51.1 Å². The number of benzene rings is 2. The fourth-order valence-electron chi connectivity index (χ4n) is 5.14. The zero-order valence-electron chi connectivity index (χ0n) is 22.6. The molecule has 1 amide bonds. The first-order chi connectivity index (χ1) is 18.8. The van der Waals surface area contributed by atoms with Crippen molar-refractivity contribution < 1.29 is 18.9 Å². The second-order valence-corrected chi connectivity index (χ2v) is 9.88. The van der Waals surface area contributed by atoms with Crippen LogP contribution in [0.2, 0.25) is 0 Å². The Morgan fingerprint density at radius 1 is 1.13 bits per heavy atom. The quantitative estimate of drug-likeness (QED) is 0.270. The number of piperazine rings is 1. The van der Waals surface area contributed by atoms with Crippen LogP contribution in [-0.2, 0) is 0 Å². The maximum Gasteiger partial charge on any atom is 0.351 e. The highest BCUT2D eigenvalue weighted by Gasteiger charge is 2.24. The third kappa shape index (κ3) is 5.17. The maximum absolute atomic E-state index is 14.4. The summed E-state index contributed by atoms with van der Waals surface area (Å²) in [4.78, 5) is 27.9. The van der Waals surface area contributed by atoms with E-state index >= 15 is 0 Å². The molecule has 0 saturated carbocycles. The predicted octanol–water partition coefficient (Wildman–Crippen LogP) is 3.95. The lowest BCUT2D eigenvalue weighted by Gasteiger charge is -2.38. The van der Waals surface area contributed by atoms with E-state index < -0.39 is 11.7 Å². The first-order valence-corrected chi connectivity index (χ1v) is 13.0. The van der Waals surface area contributed by atoms with Gasteiger partial charge in [0.05, 0.1) is 23.7 Å². The number of nitrogens with two attached hydrogens (primary N) is 1. The van der Waals surface area contributed by atoms with Gasteiger partial charge in [-0.1, -0.05) is 11.1 Å². The summed E-state index contributed by atoms with van der Waals surface area (Å²) in [6.45, 7) is 10.5. The lowest BCUT2D eigenvalue weighted by Crippen LogP contribution is -2.49. The molecule has 3 heterocycles. The van der Waals surface area contributed by atoms with E-state index in [0.717, 1.165) is 54.3 Å². The Hall–Kier alpha value is -4.38. The van der Waals surface area contributed by atoms with E-state index in [1.165, 1.54) is 12.1 Å². The molecule has 0 radical (unpaired) electrons. The Morgan fingerprint density at radius 3 is 2.59 bits per heavy atom. The molecule has 1 saturated heterocycles. The van der Waals surface area contributed by atoms with E-state index in [1.54, 1.807) is 19.4 Å². The average Bonchev–Trinajstić information content (AvgIpc) is 3.38. The Kier molecular flexibility index (Phi) is 7.25. The average molecular weight is 534 g/mol. The zero-order valence-corrected chi connectivity index (χ0v) is 22.6.